The molecule has 0 saturated carbocycles. The average Bonchev–Trinajstić information content (AvgIpc) is 3.10. The smallest absolute Gasteiger partial charge is 0.319 e. The van der Waals surface area contributed by atoms with E-state index in [1.807, 2.05) is 49.3 Å². The fraction of sp³-hybridized carbons (Fsp3) is 0.381. The summed E-state index contributed by atoms with van der Waals surface area (Å²) in [5, 5.41) is 6.10. The summed E-state index contributed by atoms with van der Waals surface area (Å²) < 4.78 is 0. The topological polar surface area (TPSA) is 47.6 Å². The molecular formula is C21H28N4O. The molecule has 0 aromatic heterocycles. The van der Waals surface area contributed by atoms with Crippen LogP contribution < -0.4 is 15.5 Å². The van der Waals surface area contributed by atoms with Gasteiger partial charge in [0.25, 0.3) is 0 Å². The lowest BCUT2D eigenvalue weighted by molar-refractivity contribution is 0.241. The Morgan fingerprint density at radius 3 is 2.54 bits per heavy atom. The van der Waals surface area contributed by atoms with Gasteiger partial charge in [-0.25, -0.2) is 4.79 Å². The Hall–Kier alpha value is -2.53. The largest absolute Gasteiger partial charge is 0.376 e. The molecule has 2 atom stereocenters. The van der Waals surface area contributed by atoms with Crippen molar-refractivity contribution in [2.75, 3.05) is 37.4 Å². The third kappa shape index (κ3) is 4.35. The minimum absolute atomic E-state index is 0.140. The molecule has 2 amide bonds. The van der Waals surface area contributed by atoms with Crippen LogP contribution >= 0.6 is 0 Å². The number of amides is 2. The number of carbonyl (C=O) groups is 1. The van der Waals surface area contributed by atoms with Gasteiger partial charge in [-0.05, 0) is 31.0 Å². The molecule has 0 unspecified atom stereocenters. The second-order valence-electron chi connectivity index (χ2n) is 7.08. The minimum Gasteiger partial charge on any atom is -0.376 e. The Kier molecular flexibility index (Phi) is 5.78. The van der Waals surface area contributed by atoms with E-state index in [0.29, 0.717) is 6.04 Å². The van der Waals surface area contributed by atoms with Crippen LogP contribution in [0.25, 0.3) is 0 Å². The van der Waals surface area contributed by atoms with Crippen LogP contribution in [0, 0.1) is 0 Å². The fourth-order valence-corrected chi connectivity index (χ4v) is 3.51. The van der Waals surface area contributed by atoms with Crippen molar-refractivity contribution in [1.29, 1.82) is 0 Å². The van der Waals surface area contributed by atoms with Crippen molar-refractivity contribution in [3.63, 3.8) is 0 Å². The standard InChI is InChI=1S/C21H28N4O/c1-16(17-9-5-4-6-10-17)25-14-13-18(15-25)22-21(26)23-19-11-7-8-12-20(19)24(2)3/h4-12,16,18H,13-15H2,1-3H3,(H2,22,23,26)/t16-,18-/m0/s1. The number of hydrogen-bond acceptors (Lipinski definition) is 3. The molecule has 2 aromatic rings. The SMILES string of the molecule is C[C@@H](c1ccccc1)N1CC[C@H](NC(=O)Nc2ccccc2N(C)C)C1. The first-order chi connectivity index (χ1) is 12.5. The third-order valence-corrected chi connectivity index (χ3v) is 5.02. The molecule has 5 nitrogen and oxygen atoms in total. The molecule has 3 rings (SSSR count). The summed E-state index contributed by atoms with van der Waals surface area (Å²) in [6.07, 6.45) is 0.972. The van der Waals surface area contributed by atoms with Gasteiger partial charge in [0.2, 0.25) is 0 Å². The predicted octanol–water partition coefficient (Wildman–Crippen LogP) is 3.71. The highest BCUT2D eigenvalue weighted by Crippen LogP contribution is 2.25. The quantitative estimate of drug-likeness (QED) is 0.862. The number of anilines is 2. The van der Waals surface area contributed by atoms with Crippen LogP contribution in [0.15, 0.2) is 54.6 Å². The van der Waals surface area contributed by atoms with E-state index in [1.165, 1.54) is 5.56 Å². The highest BCUT2D eigenvalue weighted by Gasteiger charge is 2.27. The van der Waals surface area contributed by atoms with E-state index in [0.717, 1.165) is 30.9 Å². The lowest BCUT2D eigenvalue weighted by Gasteiger charge is -2.25. The van der Waals surface area contributed by atoms with Gasteiger partial charge < -0.3 is 15.5 Å². The number of carbonyl (C=O) groups excluding carboxylic acids is 1. The Balaban J connectivity index is 1.55. The molecule has 0 bridgehead atoms. The molecule has 1 heterocycles. The maximum atomic E-state index is 12.4. The summed E-state index contributed by atoms with van der Waals surface area (Å²) >= 11 is 0. The number of urea groups is 1. The number of para-hydroxylation sites is 2. The third-order valence-electron chi connectivity index (χ3n) is 5.02. The number of nitrogens with zero attached hydrogens (tertiary/aromatic N) is 2. The van der Waals surface area contributed by atoms with E-state index in [-0.39, 0.29) is 12.1 Å². The molecule has 1 aliphatic heterocycles. The van der Waals surface area contributed by atoms with Gasteiger partial charge in [0.05, 0.1) is 11.4 Å². The second kappa shape index (κ2) is 8.23. The van der Waals surface area contributed by atoms with Gasteiger partial charge in [0.1, 0.15) is 0 Å². The molecule has 1 saturated heterocycles. The number of nitrogens with one attached hydrogen (secondary N) is 2. The Bertz CT molecular complexity index is 732. The summed E-state index contributed by atoms with van der Waals surface area (Å²) in [6.45, 7) is 4.10. The zero-order valence-electron chi connectivity index (χ0n) is 15.8. The summed E-state index contributed by atoms with van der Waals surface area (Å²) in [4.78, 5) is 16.8. The van der Waals surface area contributed by atoms with Gasteiger partial charge >= 0.3 is 6.03 Å². The van der Waals surface area contributed by atoms with Gasteiger partial charge in [-0.1, -0.05) is 42.5 Å². The summed E-state index contributed by atoms with van der Waals surface area (Å²) in [7, 11) is 3.94. The van der Waals surface area contributed by atoms with Crippen molar-refractivity contribution >= 4 is 17.4 Å². The number of hydrogen-bond donors (Lipinski definition) is 2. The number of rotatable bonds is 5. The van der Waals surface area contributed by atoms with Crippen molar-refractivity contribution in [2.45, 2.75) is 25.4 Å². The highest BCUT2D eigenvalue weighted by atomic mass is 16.2. The molecular weight excluding hydrogens is 324 g/mol. The van der Waals surface area contributed by atoms with Crippen LogP contribution in [0.2, 0.25) is 0 Å². The summed E-state index contributed by atoms with van der Waals surface area (Å²) in [5.41, 5.74) is 3.13. The average molecular weight is 352 g/mol. The maximum Gasteiger partial charge on any atom is 0.319 e. The van der Waals surface area contributed by atoms with Gasteiger partial charge in [-0.15, -0.1) is 0 Å². The first kappa shape index (κ1) is 18.3. The molecule has 26 heavy (non-hydrogen) atoms. The number of benzene rings is 2. The molecule has 138 valence electrons. The molecule has 0 radical (unpaired) electrons. The van der Waals surface area contributed by atoms with E-state index in [1.54, 1.807) is 0 Å². The Morgan fingerprint density at radius 1 is 1.12 bits per heavy atom. The molecule has 2 N–H and O–H groups in total. The second-order valence-corrected chi connectivity index (χ2v) is 7.08. The lowest BCUT2D eigenvalue weighted by atomic mass is 10.1. The van der Waals surface area contributed by atoms with Crippen LogP contribution in [-0.4, -0.2) is 44.2 Å². The zero-order chi connectivity index (χ0) is 18.5. The van der Waals surface area contributed by atoms with Crippen molar-refractivity contribution in [3.8, 4) is 0 Å². The predicted molar refractivity (Wildman–Crippen MR) is 108 cm³/mol. The van der Waals surface area contributed by atoms with E-state index in [2.05, 4.69) is 46.7 Å². The molecule has 1 aliphatic rings. The lowest BCUT2D eigenvalue weighted by Crippen LogP contribution is -2.40. The van der Waals surface area contributed by atoms with Crippen molar-refractivity contribution in [2.24, 2.45) is 0 Å². The van der Waals surface area contributed by atoms with E-state index in [9.17, 15) is 4.79 Å². The van der Waals surface area contributed by atoms with Gasteiger partial charge in [-0.2, -0.15) is 0 Å². The Morgan fingerprint density at radius 2 is 1.81 bits per heavy atom. The minimum atomic E-state index is -0.140. The van der Waals surface area contributed by atoms with Gasteiger partial charge in [0, 0.05) is 39.3 Å². The summed E-state index contributed by atoms with van der Waals surface area (Å²) in [6, 6.07) is 18.7. The maximum absolute atomic E-state index is 12.4. The van der Waals surface area contributed by atoms with Gasteiger partial charge in [0.15, 0.2) is 0 Å². The van der Waals surface area contributed by atoms with Crippen LogP contribution in [0.1, 0.15) is 24.9 Å². The zero-order valence-corrected chi connectivity index (χ0v) is 15.8. The molecule has 0 spiro atoms. The van der Waals surface area contributed by atoms with Crippen molar-refractivity contribution < 1.29 is 4.79 Å². The van der Waals surface area contributed by atoms with E-state index < -0.39 is 0 Å². The highest BCUT2D eigenvalue weighted by molar-refractivity contribution is 5.93. The van der Waals surface area contributed by atoms with E-state index in [4.69, 9.17) is 0 Å². The van der Waals surface area contributed by atoms with Crippen molar-refractivity contribution in [1.82, 2.24) is 10.2 Å². The molecule has 1 fully saturated rings. The number of likely N-dealkylation sites (tertiary alicyclic amines) is 1. The molecule has 2 aromatic carbocycles. The van der Waals surface area contributed by atoms with Crippen molar-refractivity contribution in [3.05, 3.63) is 60.2 Å². The summed E-state index contributed by atoms with van der Waals surface area (Å²) in [5.74, 6) is 0. The van der Waals surface area contributed by atoms with Crippen LogP contribution in [0.4, 0.5) is 16.2 Å². The normalized spacial score (nSPS) is 18.3. The molecule has 0 aliphatic carbocycles. The van der Waals surface area contributed by atoms with Crippen LogP contribution in [0.3, 0.4) is 0 Å². The van der Waals surface area contributed by atoms with Crippen LogP contribution in [-0.2, 0) is 0 Å². The Labute approximate surface area is 156 Å². The van der Waals surface area contributed by atoms with E-state index >= 15 is 0 Å². The van der Waals surface area contributed by atoms with Crippen LogP contribution in [0.5, 0.6) is 0 Å². The molecule has 5 heteroatoms. The first-order valence-electron chi connectivity index (χ1n) is 9.17. The first-order valence-corrected chi connectivity index (χ1v) is 9.17. The van der Waals surface area contributed by atoms with Gasteiger partial charge in [-0.3, -0.25) is 4.90 Å². The monoisotopic (exact) mass is 352 g/mol. The fourth-order valence-electron chi connectivity index (χ4n) is 3.51.